The number of likely N-dealkylation sites (N-methyl/N-ethyl adjacent to an activating group) is 1. The Morgan fingerprint density at radius 2 is 2.10 bits per heavy atom. The predicted octanol–water partition coefficient (Wildman–Crippen LogP) is 1.55. The van der Waals surface area contributed by atoms with E-state index in [4.69, 9.17) is 5.73 Å². The third-order valence-electron chi connectivity index (χ3n) is 4.09. The second-order valence-electron chi connectivity index (χ2n) is 5.78. The number of carbonyl (C=O) groups is 1. The molecule has 1 atom stereocenters. The number of hydrogen-bond acceptors (Lipinski definition) is 3. The molecule has 0 heterocycles. The third-order valence-corrected chi connectivity index (χ3v) is 4.09. The zero-order valence-electron chi connectivity index (χ0n) is 12.9. The average Bonchev–Trinajstić information content (AvgIpc) is 3.34. The van der Waals surface area contributed by atoms with E-state index in [-0.39, 0.29) is 5.91 Å². The highest BCUT2D eigenvalue weighted by atomic mass is 16.2. The number of rotatable bonds is 9. The number of carbonyl (C=O) groups excluding carboxylic acids is 1. The molecule has 1 saturated carbocycles. The Hall–Kier alpha value is -1.39. The first kappa shape index (κ1) is 16.0. The lowest BCUT2D eigenvalue weighted by Gasteiger charge is -2.20. The molecule has 0 saturated heterocycles. The highest BCUT2D eigenvalue weighted by Gasteiger charge is 2.27. The standard InChI is InChI=1S/C17H27N3O/c1-2-20(15-9-10-15)13-12-19-17(21)16(18)11-8-14-6-4-3-5-7-14/h3-7,15-16H,2,8-13,18H2,1H3,(H,19,21)/t16-/m0/s1. The Balaban J connectivity index is 1.63. The maximum Gasteiger partial charge on any atom is 0.236 e. The van der Waals surface area contributed by atoms with Crippen LogP contribution < -0.4 is 11.1 Å². The predicted molar refractivity (Wildman–Crippen MR) is 86.0 cm³/mol. The summed E-state index contributed by atoms with van der Waals surface area (Å²) < 4.78 is 0. The molecule has 3 N–H and O–H groups in total. The summed E-state index contributed by atoms with van der Waals surface area (Å²) in [4.78, 5) is 14.4. The van der Waals surface area contributed by atoms with Crippen LogP contribution in [0.5, 0.6) is 0 Å². The summed E-state index contributed by atoms with van der Waals surface area (Å²) in [5, 5.41) is 2.96. The molecular weight excluding hydrogens is 262 g/mol. The minimum Gasteiger partial charge on any atom is -0.353 e. The van der Waals surface area contributed by atoms with E-state index in [1.807, 2.05) is 18.2 Å². The van der Waals surface area contributed by atoms with E-state index in [0.29, 0.717) is 13.0 Å². The monoisotopic (exact) mass is 289 g/mol. The molecule has 1 amide bonds. The molecule has 116 valence electrons. The number of nitrogens with two attached hydrogens (primary N) is 1. The van der Waals surface area contributed by atoms with Gasteiger partial charge in [0.15, 0.2) is 0 Å². The summed E-state index contributed by atoms with van der Waals surface area (Å²) in [6.07, 6.45) is 4.14. The van der Waals surface area contributed by atoms with E-state index in [1.54, 1.807) is 0 Å². The van der Waals surface area contributed by atoms with Crippen molar-refractivity contribution in [3.05, 3.63) is 35.9 Å². The highest BCUT2D eigenvalue weighted by molar-refractivity contribution is 5.81. The Morgan fingerprint density at radius 1 is 1.38 bits per heavy atom. The summed E-state index contributed by atoms with van der Waals surface area (Å²) in [6.45, 7) is 4.85. The summed E-state index contributed by atoms with van der Waals surface area (Å²) in [7, 11) is 0. The molecule has 4 heteroatoms. The van der Waals surface area contributed by atoms with Gasteiger partial charge in [-0.05, 0) is 37.8 Å². The maximum atomic E-state index is 12.0. The van der Waals surface area contributed by atoms with Gasteiger partial charge < -0.3 is 11.1 Å². The molecule has 21 heavy (non-hydrogen) atoms. The number of aryl methyl sites for hydroxylation is 1. The van der Waals surface area contributed by atoms with Crippen LogP contribution in [0, 0.1) is 0 Å². The first-order valence-corrected chi connectivity index (χ1v) is 8.02. The van der Waals surface area contributed by atoms with Crippen LogP contribution in [0.3, 0.4) is 0 Å². The summed E-state index contributed by atoms with van der Waals surface area (Å²) >= 11 is 0. The van der Waals surface area contributed by atoms with Gasteiger partial charge in [-0.3, -0.25) is 9.69 Å². The molecule has 0 unspecified atom stereocenters. The van der Waals surface area contributed by atoms with Gasteiger partial charge in [0.25, 0.3) is 0 Å². The molecule has 1 fully saturated rings. The smallest absolute Gasteiger partial charge is 0.236 e. The normalized spacial score (nSPS) is 16.0. The number of amides is 1. The number of benzene rings is 1. The molecule has 0 aliphatic heterocycles. The van der Waals surface area contributed by atoms with Gasteiger partial charge in [-0.25, -0.2) is 0 Å². The molecule has 0 spiro atoms. The Kier molecular flexibility index (Phi) is 6.21. The lowest BCUT2D eigenvalue weighted by atomic mass is 10.1. The Labute approximate surface area is 127 Å². The molecule has 2 rings (SSSR count). The van der Waals surface area contributed by atoms with E-state index in [0.717, 1.165) is 25.6 Å². The van der Waals surface area contributed by atoms with E-state index < -0.39 is 6.04 Å². The first-order chi connectivity index (χ1) is 10.2. The SMILES string of the molecule is CCN(CCNC(=O)[C@@H](N)CCc1ccccc1)C1CC1. The largest absolute Gasteiger partial charge is 0.353 e. The van der Waals surface area contributed by atoms with Crippen molar-refractivity contribution in [2.45, 2.75) is 44.7 Å². The van der Waals surface area contributed by atoms with Crippen molar-refractivity contribution in [2.24, 2.45) is 5.73 Å². The quantitative estimate of drug-likeness (QED) is 0.725. The van der Waals surface area contributed by atoms with E-state index in [9.17, 15) is 4.79 Å². The van der Waals surface area contributed by atoms with Crippen LogP contribution in [0.2, 0.25) is 0 Å². The van der Waals surface area contributed by atoms with Crippen LogP contribution in [0.25, 0.3) is 0 Å². The van der Waals surface area contributed by atoms with Crippen molar-refractivity contribution in [3.63, 3.8) is 0 Å². The lowest BCUT2D eigenvalue weighted by Crippen LogP contribution is -2.44. The Bertz CT molecular complexity index is 431. The number of nitrogens with zero attached hydrogens (tertiary/aromatic N) is 1. The number of nitrogens with one attached hydrogen (secondary N) is 1. The minimum atomic E-state index is -0.416. The number of hydrogen-bond donors (Lipinski definition) is 2. The first-order valence-electron chi connectivity index (χ1n) is 8.02. The Morgan fingerprint density at radius 3 is 2.71 bits per heavy atom. The van der Waals surface area contributed by atoms with E-state index >= 15 is 0 Å². The van der Waals surface area contributed by atoms with Gasteiger partial charge in [-0.1, -0.05) is 37.3 Å². The van der Waals surface area contributed by atoms with Crippen molar-refractivity contribution >= 4 is 5.91 Å². The molecule has 1 aliphatic rings. The molecule has 1 aromatic rings. The van der Waals surface area contributed by atoms with Gasteiger partial charge in [-0.2, -0.15) is 0 Å². The fourth-order valence-electron chi connectivity index (χ4n) is 2.59. The molecule has 0 radical (unpaired) electrons. The van der Waals surface area contributed by atoms with Gasteiger partial charge in [0.05, 0.1) is 6.04 Å². The molecule has 4 nitrogen and oxygen atoms in total. The fourth-order valence-corrected chi connectivity index (χ4v) is 2.59. The van der Waals surface area contributed by atoms with Crippen molar-refractivity contribution in [3.8, 4) is 0 Å². The van der Waals surface area contributed by atoms with Crippen molar-refractivity contribution in [2.75, 3.05) is 19.6 Å². The van der Waals surface area contributed by atoms with Crippen LogP contribution in [0.4, 0.5) is 0 Å². The molecule has 1 aliphatic carbocycles. The molecule has 0 aromatic heterocycles. The second kappa shape index (κ2) is 8.15. The molecule has 0 bridgehead atoms. The maximum absolute atomic E-state index is 12.0. The average molecular weight is 289 g/mol. The zero-order chi connectivity index (χ0) is 15.1. The van der Waals surface area contributed by atoms with Gasteiger partial charge >= 0.3 is 0 Å². The van der Waals surface area contributed by atoms with Gasteiger partial charge in [0.1, 0.15) is 0 Å². The van der Waals surface area contributed by atoms with E-state index in [2.05, 4.69) is 29.3 Å². The van der Waals surface area contributed by atoms with Crippen molar-refractivity contribution in [1.82, 2.24) is 10.2 Å². The third kappa shape index (κ3) is 5.48. The molecular formula is C17H27N3O. The van der Waals surface area contributed by atoms with Gasteiger partial charge in [0, 0.05) is 19.1 Å². The van der Waals surface area contributed by atoms with Crippen LogP contribution in [-0.4, -0.2) is 42.5 Å². The van der Waals surface area contributed by atoms with Crippen LogP contribution in [0.1, 0.15) is 31.7 Å². The van der Waals surface area contributed by atoms with Crippen LogP contribution in [-0.2, 0) is 11.2 Å². The summed E-state index contributed by atoms with van der Waals surface area (Å²) in [6, 6.07) is 10.5. The summed E-state index contributed by atoms with van der Waals surface area (Å²) in [5.41, 5.74) is 7.19. The van der Waals surface area contributed by atoms with E-state index in [1.165, 1.54) is 18.4 Å². The second-order valence-corrected chi connectivity index (χ2v) is 5.78. The van der Waals surface area contributed by atoms with Gasteiger partial charge in [0.2, 0.25) is 5.91 Å². The summed E-state index contributed by atoms with van der Waals surface area (Å²) in [5.74, 6) is -0.0298. The van der Waals surface area contributed by atoms with Crippen LogP contribution >= 0.6 is 0 Å². The highest BCUT2D eigenvalue weighted by Crippen LogP contribution is 2.25. The fraction of sp³-hybridized carbons (Fsp3) is 0.588. The topological polar surface area (TPSA) is 58.4 Å². The zero-order valence-corrected chi connectivity index (χ0v) is 12.9. The minimum absolute atomic E-state index is 0.0298. The molecule has 1 aromatic carbocycles. The van der Waals surface area contributed by atoms with Gasteiger partial charge in [-0.15, -0.1) is 0 Å². The lowest BCUT2D eigenvalue weighted by molar-refractivity contribution is -0.122. The van der Waals surface area contributed by atoms with Crippen LogP contribution in [0.15, 0.2) is 30.3 Å². The van der Waals surface area contributed by atoms with Crippen molar-refractivity contribution < 1.29 is 4.79 Å². The van der Waals surface area contributed by atoms with Crippen molar-refractivity contribution in [1.29, 1.82) is 0 Å².